The lowest BCUT2D eigenvalue weighted by atomic mass is 10.2. The van der Waals surface area contributed by atoms with Crippen molar-refractivity contribution in [2.24, 2.45) is 0 Å². The maximum absolute atomic E-state index is 12.4. The number of rotatable bonds is 5. The highest BCUT2D eigenvalue weighted by molar-refractivity contribution is 6.30. The Morgan fingerprint density at radius 1 is 1.38 bits per heavy atom. The molecule has 1 aromatic carbocycles. The van der Waals surface area contributed by atoms with Crippen molar-refractivity contribution in [3.63, 3.8) is 0 Å². The first kappa shape index (κ1) is 15.5. The van der Waals surface area contributed by atoms with E-state index in [2.05, 4.69) is 10.4 Å². The van der Waals surface area contributed by atoms with E-state index in [4.69, 9.17) is 11.6 Å². The molecule has 0 saturated heterocycles. The number of nitrogens with one attached hydrogen (secondary N) is 1. The van der Waals surface area contributed by atoms with E-state index in [1.165, 1.54) is 0 Å². The first-order chi connectivity index (χ1) is 10.0. The zero-order valence-electron chi connectivity index (χ0n) is 12.4. The highest BCUT2D eigenvalue weighted by atomic mass is 35.5. The second-order valence-electron chi connectivity index (χ2n) is 4.86. The number of hydrogen-bond donors (Lipinski definition) is 1. The largest absolute Gasteiger partial charge is 0.340 e. The van der Waals surface area contributed by atoms with Crippen LogP contribution in [0.15, 0.2) is 30.5 Å². The second-order valence-corrected chi connectivity index (χ2v) is 5.30. The van der Waals surface area contributed by atoms with Gasteiger partial charge in [-0.05, 0) is 38.2 Å². The van der Waals surface area contributed by atoms with Crippen molar-refractivity contribution in [3.8, 4) is 5.69 Å². The van der Waals surface area contributed by atoms with E-state index in [9.17, 15) is 4.79 Å². The number of benzene rings is 1. The Kier molecular flexibility index (Phi) is 4.98. The van der Waals surface area contributed by atoms with Gasteiger partial charge in [0, 0.05) is 25.2 Å². The van der Waals surface area contributed by atoms with Crippen molar-refractivity contribution >= 4 is 17.5 Å². The lowest BCUT2D eigenvalue weighted by molar-refractivity contribution is 0.0796. The fourth-order valence-corrected chi connectivity index (χ4v) is 2.17. The van der Waals surface area contributed by atoms with E-state index < -0.39 is 0 Å². The van der Waals surface area contributed by atoms with Gasteiger partial charge in [0.25, 0.3) is 5.91 Å². The molecular formula is C15H19ClN4O. The predicted molar refractivity (Wildman–Crippen MR) is 84.2 cm³/mol. The summed E-state index contributed by atoms with van der Waals surface area (Å²) in [5, 5.41) is 8.01. The summed E-state index contributed by atoms with van der Waals surface area (Å²) < 4.78 is 1.75. The predicted octanol–water partition coefficient (Wildman–Crippen LogP) is 2.13. The molecule has 1 aromatic heterocycles. The van der Waals surface area contributed by atoms with Crippen LogP contribution in [0.4, 0.5) is 0 Å². The molecule has 2 rings (SSSR count). The van der Waals surface area contributed by atoms with E-state index in [1.54, 1.807) is 35.0 Å². The number of likely N-dealkylation sites (N-methyl/N-ethyl adjacent to an activating group) is 2. The average Bonchev–Trinajstić information content (AvgIpc) is 2.86. The SMILES string of the molecule is CNCCN(C)C(=O)c1cnn(-c2ccc(Cl)cc2)c1C. The van der Waals surface area contributed by atoms with Gasteiger partial charge >= 0.3 is 0 Å². The Bertz CT molecular complexity index is 621. The van der Waals surface area contributed by atoms with Crippen LogP contribution in [0, 0.1) is 6.92 Å². The van der Waals surface area contributed by atoms with Gasteiger partial charge in [-0.2, -0.15) is 5.10 Å². The van der Waals surface area contributed by atoms with Crippen molar-refractivity contribution in [2.75, 3.05) is 27.2 Å². The lowest BCUT2D eigenvalue weighted by Crippen LogP contribution is -2.33. The van der Waals surface area contributed by atoms with Crippen LogP contribution < -0.4 is 5.32 Å². The van der Waals surface area contributed by atoms with Gasteiger partial charge < -0.3 is 10.2 Å². The molecule has 1 N–H and O–H groups in total. The van der Waals surface area contributed by atoms with Gasteiger partial charge in [0.2, 0.25) is 0 Å². The molecule has 0 radical (unpaired) electrons. The average molecular weight is 307 g/mol. The molecule has 0 unspecified atom stereocenters. The summed E-state index contributed by atoms with van der Waals surface area (Å²) in [5.74, 6) is -0.0250. The lowest BCUT2D eigenvalue weighted by Gasteiger charge is -2.16. The zero-order chi connectivity index (χ0) is 15.4. The molecule has 0 aliphatic carbocycles. The van der Waals surface area contributed by atoms with Crippen LogP contribution >= 0.6 is 11.6 Å². The molecule has 1 heterocycles. The van der Waals surface area contributed by atoms with Crippen LogP contribution in [0.5, 0.6) is 0 Å². The number of amides is 1. The minimum Gasteiger partial charge on any atom is -0.340 e. The van der Waals surface area contributed by atoms with Crippen LogP contribution in [-0.2, 0) is 0 Å². The molecule has 0 bridgehead atoms. The number of carbonyl (C=O) groups is 1. The summed E-state index contributed by atoms with van der Waals surface area (Å²) in [6, 6.07) is 7.36. The highest BCUT2D eigenvalue weighted by Gasteiger charge is 2.18. The second kappa shape index (κ2) is 6.74. The summed E-state index contributed by atoms with van der Waals surface area (Å²) in [6.45, 7) is 3.30. The summed E-state index contributed by atoms with van der Waals surface area (Å²) in [4.78, 5) is 14.1. The van der Waals surface area contributed by atoms with Crippen LogP contribution in [0.2, 0.25) is 5.02 Å². The van der Waals surface area contributed by atoms with Crippen LogP contribution in [0.3, 0.4) is 0 Å². The fourth-order valence-electron chi connectivity index (χ4n) is 2.05. The zero-order valence-corrected chi connectivity index (χ0v) is 13.2. The molecule has 0 atom stereocenters. The quantitative estimate of drug-likeness (QED) is 0.920. The summed E-state index contributed by atoms with van der Waals surface area (Å²) >= 11 is 5.89. The Labute approximate surface area is 129 Å². The van der Waals surface area contributed by atoms with Gasteiger partial charge in [-0.1, -0.05) is 11.6 Å². The Morgan fingerprint density at radius 3 is 2.67 bits per heavy atom. The van der Waals surface area contributed by atoms with E-state index >= 15 is 0 Å². The van der Waals surface area contributed by atoms with Crippen molar-refractivity contribution in [1.82, 2.24) is 20.0 Å². The summed E-state index contributed by atoms with van der Waals surface area (Å²) in [6.07, 6.45) is 1.61. The van der Waals surface area contributed by atoms with E-state index in [0.29, 0.717) is 17.1 Å². The van der Waals surface area contributed by atoms with Crippen molar-refractivity contribution < 1.29 is 4.79 Å². The van der Waals surface area contributed by atoms with E-state index in [0.717, 1.165) is 17.9 Å². The van der Waals surface area contributed by atoms with Crippen molar-refractivity contribution in [3.05, 3.63) is 46.7 Å². The number of hydrogen-bond acceptors (Lipinski definition) is 3. The fraction of sp³-hybridized carbons (Fsp3) is 0.333. The molecular weight excluding hydrogens is 288 g/mol. The van der Waals surface area contributed by atoms with Crippen molar-refractivity contribution in [2.45, 2.75) is 6.92 Å². The van der Waals surface area contributed by atoms with E-state index in [-0.39, 0.29) is 5.91 Å². The number of nitrogens with zero attached hydrogens (tertiary/aromatic N) is 3. The maximum Gasteiger partial charge on any atom is 0.257 e. The van der Waals surface area contributed by atoms with Gasteiger partial charge in [-0.3, -0.25) is 4.79 Å². The minimum atomic E-state index is -0.0250. The molecule has 0 fully saturated rings. The van der Waals surface area contributed by atoms with Crippen LogP contribution in [0.1, 0.15) is 16.1 Å². The molecule has 0 spiro atoms. The Hall–Kier alpha value is -1.85. The summed E-state index contributed by atoms with van der Waals surface area (Å²) in [5.41, 5.74) is 2.32. The highest BCUT2D eigenvalue weighted by Crippen LogP contribution is 2.17. The van der Waals surface area contributed by atoms with Gasteiger partial charge in [-0.25, -0.2) is 4.68 Å². The number of aromatic nitrogens is 2. The van der Waals surface area contributed by atoms with Gasteiger partial charge in [0.1, 0.15) is 0 Å². The monoisotopic (exact) mass is 306 g/mol. The third-order valence-electron chi connectivity index (χ3n) is 3.36. The Morgan fingerprint density at radius 2 is 2.05 bits per heavy atom. The first-order valence-corrected chi connectivity index (χ1v) is 7.13. The van der Waals surface area contributed by atoms with Crippen LogP contribution in [0.25, 0.3) is 5.69 Å². The Balaban J connectivity index is 2.24. The molecule has 0 aliphatic rings. The third-order valence-corrected chi connectivity index (χ3v) is 3.61. The normalized spacial score (nSPS) is 10.7. The summed E-state index contributed by atoms with van der Waals surface area (Å²) in [7, 11) is 3.65. The molecule has 0 aliphatic heterocycles. The topological polar surface area (TPSA) is 50.2 Å². The molecule has 21 heavy (non-hydrogen) atoms. The molecule has 112 valence electrons. The molecule has 2 aromatic rings. The van der Waals surface area contributed by atoms with Crippen molar-refractivity contribution in [1.29, 1.82) is 0 Å². The maximum atomic E-state index is 12.4. The first-order valence-electron chi connectivity index (χ1n) is 6.75. The number of carbonyl (C=O) groups excluding carboxylic acids is 1. The molecule has 1 amide bonds. The smallest absolute Gasteiger partial charge is 0.257 e. The minimum absolute atomic E-state index is 0.0250. The van der Waals surface area contributed by atoms with Gasteiger partial charge in [0.15, 0.2) is 0 Å². The molecule has 0 saturated carbocycles. The number of halogens is 1. The molecule has 6 heteroatoms. The third kappa shape index (κ3) is 3.43. The van der Waals surface area contributed by atoms with Gasteiger partial charge in [0.05, 0.1) is 23.1 Å². The van der Waals surface area contributed by atoms with Crippen LogP contribution in [-0.4, -0.2) is 47.8 Å². The standard InChI is InChI=1S/C15H19ClN4O/c1-11-14(15(21)19(3)9-8-17-2)10-18-20(11)13-6-4-12(16)5-7-13/h4-7,10,17H,8-9H2,1-3H3. The van der Waals surface area contributed by atoms with Gasteiger partial charge in [-0.15, -0.1) is 0 Å². The van der Waals surface area contributed by atoms with E-state index in [1.807, 2.05) is 26.1 Å². The molecule has 5 nitrogen and oxygen atoms in total.